The zero-order valence-corrected chi connectivity index (χ0v) is 34.3. The fraction of sp³-hybridized carbons (Fsp3) is 0.674. The number of pyridine rings is 1. The van der Waals surface area contributed by atoms with E-state index in [9.17, 15) is 23.2 Å². The number of halogens is 2. The van der Waals surface area contributed by atoms with Crippen LogP contribution in [0.1, 0.15) is 122 Å². The molecule has 11 nitrogen and oxygen atoms in total. The van der Waals surface area contributed by atoms with Gasteiger partial charge < -0.3 is 25.0 Å². The third-order valence-corrected chi connectivity index (χ3v) is 10.8. The quantitative estimate of drug-likeness (QED) is 0.199. The van der Waals surface area contributed by atoms with Crippen molar-refractivity contribution in [3.8, 4) is 0 Å². The number of carbonyl (C=O) groups excluding carboxylic acids is 3. The molecule has 2 N–H and O–H groups in total. The van der Waals surface area contributed by atoms with Crippen LogP contribution in [0.5, 0.6) is 0 Å². The lowest BCUT2D eigenvalue weighted by Crippen LogP contribution is -2.60. The number of benzene rings is 1. The van der Waals surface area contributed by atoms with Crippen LogP contribution in [0.3, 0.4) is 0 Å². The first-order chi connectivity index (χ1) is 26.5. The maximum Gasteiger partial charge on any atom is 0.410 e. The highest BCUT2D eigenvalue weighted by Crippen LogP contribution is 2.37. The van der Waals surface area contributed by atoms with Crippen LogP contribution in [-0.2, 0) is 20.7 Å². The Labute approximate surface area is 332 Å². The van der Waals surface area contributed by atoms with Crippen molar-refractivity contribution in [2.24, 2.45) is 5.92 Å². The summed E-state index contributed by atoms with van der Waals surface area (Å²) in [7, 11) is 0. The number of amides is 3. The second-order valence-electron chi connectivity index (χ2n) is 17.8. The second kappa shape index (κ2) is 19.1. The van der Waals surface area contributed by atoms with Gasteiger partial charge in [0.05, 0.1) is 23.8 Å². The summed E-state index contributed by atoms with van der Waals surface area (Å²) >= 11 is 0. The number of aryl methyl sites for hydroxylation is 1. The summed E-state index contributed by atoms with van der Waals surface area (Å²) in [4.78, 5) is 51.2. The van der Waals surface area contributed by atoms with Crippen LogP contribution in [0, 0.1) is 5.92 Å². The number of aromatic nitrogens is 1. The Bertz CT molecular complexity index is 1590. The number of alkyl carbamates (subject to hydrolysis) is 1. The molecule has 56 heavy (non-hydrogen) atoms. The molecule has 1 aliphatic heterocycles. The summed E-state index contributed by atoms with van der Waals surface area (Å²) in [5, 5.41) is 6.11. The van der Waals surface area contributed by atoms with Crippen LogP contribution in [0.15, 0.2) is 48.7 Å². The molecular weight excluding hydrogens is 719 g/mol. The van der Waals surface area contributed by atoms with Crippen molar-refractivity contribution in [3.63, 3.8) is 0 Å². The monoisotopic (exact) mass is 782 g/mol. The van der Waals surface area contributed by atoms with Gasteiger partial charge in [-0.25, -0.2) is 18.4 Å². The molecule has 2 fully saturated rings. The summed E-state index contributed by atoms with van der Waals surface area (Å²) in [5.41, 5.74) is 2.03. The van der Waals surface area contributed by atoms with Crippen LogP contribution in [-0.4, -0.2) is 107 Å². The minimum atomic E-state index is -2.71. The van der Waals surface area contributed by atoms with Crippen molar-refractivity contribution in [2.45, 2.75) is 135 Å². The van der Waals surface area contributed by atoms with Crippen molar-refractivity contribution >= 4 is 18.1 Å². The predicted molar refractivity (Wildman–Crippen MR) is 212 cm³/mol. The zero-order valence-electron chi connectivity index (χ0n) is 34.3. The van der Waals surface area contributed by atoms with E-state index in [4.69, 9.17) is 14.5 Å². The number of hydrogen-bond donors (Lipinski definition) is 2. The van der Waals surface area contributed by atoms with Crippen LogP contribution < -0.4 is 10.6 Å². The molecule has 0 bridgehead atoms. The van der Waals surface area contributed by atoms with Gasteiger partial charge in [0, 0.05) is 64.2 Å². The molecule has 13 heteroatoms. The number of rotatable bonds is 13. The van der Waals surface area contributed by atoms with Crippen molar-refractivity contribution in [1.82, 2.24) is 30.3 Å². The smallest absolute Gasteiger partial charge is 0.410 e. The lowest BCUT2D eigenvalue weighted by Gasteiger charge is -2.46. The lowest BCUT2D eigenvalue weighted by molar-refractivity contribution is -0.130. The molecule has 1 aromatic heterocycles. The second-order valence-corrected chi connectivity index (χ2v) is 17.8. The molecule has 5 rings (SSSR count). The fourth-order valence-corrected chi connectivity index (χ4v) is 8.10. The largest absolute Gasteiger partial charge is 0.444 e. The minimum absolute atomic E-state index is 0.0638. The molecule has 3 aliphatic rings. The molecule has 2 aliphatic carbocycles. The van der Waals surface area contributed by atoms with E-state index in [1.165, 1.54) is 5.56 Å². The first kappa shape index (κ1) is 43.3. The van der Waals surface area contributed by atoms with Gasteiger partial charge in [-0.2, -0.15) is 0 Å². The van der Waals surface area contributed by atoms with Gasteiger partial charge in [0.2, 0.25) is 11.8 Å². The Morgan fingerprint density at radius 3 is 2.36 bits per heavy atom. The number of fused-ring (bicyclic) bond motifs is 1. The molecule has 1 saturated carbocycles. The van der Waals surface area contributed by atoms with E-state index in [2.05, 4.69) is 26.5 Å². The van der Waals surface area contributed by atoms with Crippen LogP contribution in [0.25, 0.3) is 0 Å². The number of ether oxygens (including phenoxy) is 2. The van der Waals surface area contributed by atoms with E-state index in [1.807, 2.05) is 89.0 Å². The molecule has 0 spiro atoms. The number of nitrogens with one attached hydrogen (secondary N) is 2. The molecule has 2 aromatic rings. The first-order valence-corrected chi connectivity index (χ1v) is 20.6. The standard InChI is InChI=1S/C43H64F2N6O5/c1-41(2,3)55-39(53)47-23-10-11-25-50(36-18-12-16-32-17-13-24-46-37(32)36)29-34-28-49(26-27-51(34)40(54)56-42(4,5)6)30-35(31-14-8-7-9-15-31)48-38(52)33-19-21-43(44,45)22-20-33/h7-9,13-15,17,24,33-36H,10-12,16,18-23,25-30H2,1-6H3,(H,47,53)(H,48,52)/t34-,35+,36-/m0/s1. The van der Waals surface area contributed by atoms with Crippen LogP contribution in [0.4, 0.5) is 18.4 Å². The number of carbonyl (C=O) groups is 3. The zero-order chi connectivity index (χ0) is 40.5. The van der Waals surface area contributed by atoms with Gasteiger partial charge in [-0.15, -0.1) is 0 Å². The van der Waals surface area contributed by atoms with E-state index < -0.39 is 29.1 Å². The Morgan fingerprint density at radius 2 is 1.66 bits per heavy atom. The van der Waals surface area contributed by atoms with Crippen molar-refractivity contribution in [2.75, 3.05) is 45.8 Å². The maximum absolute atomic E-state index is 14.0. The van der Waals surface area contributed by atoms with Gasteiger partial charge in [0.25, 0.3) is 0 Å². The normalized spacial score (nSPS) is 21.2. The Balaban J connectivity index is 1.35. The highest BCUT2D eigenvalue weighted by atomic mass is 19.3. The third kappa shape index (κ3) is 13.1. The molecular formula is C43H64F2N6O5. The highest BCUT2D eigenvalue weighted by molar-refractivity contribution is 5.79. The SMILES string of the molecule is CC(C)(C)OC(=O)NCCCCN(C[C@@H]1CN(C[C@@H](NC(=O)C2CCC(F)(F)CC2)c2ccccc2)CCN1C(=O)OC(C)(C)C)[C@H]1CCCc2cccnc21. The first-order valence-electron chi connectivity index (χ1n) is 20.6. The van der Waals surface area contributed by atoms with Gasteiger partial charge in [-0.1, -0.05) is 36.4 Å². The molecule has 3 atom stereocenters. The Hall–Kier alpha value is -3.84. The predicted octanol–water partition coefficient (Wildman–Crippen LogP) is 7.67. The average molecular weight is 783 g/mol. The number of piperazine rings is 1. The van der Waals surface area contributed by atoms with Gasteiger partial charge in [0.1, 0.15) is 11.2 Å². The van der Waals surface area contributed by atoms with E-state index in [1.54, 1.807) is 0 Å². The lowest BCUT2D eigenvalue weighted by atomic mass is 9.86. The van der Waals surface area contributed by atoms with Crippen molar-refractivity contribution < 1.29 is 32.6 Å². The molecule has 1 saturated heterocycles. The summed E-state index contributed by atoms with van der Waals surface area (Å²) < 4.78 is 39.3. The molecule has 1 aromatic carbocycles. The van der Waals surface area contributed by atoms with Gasteiger partial charge >= 0.3 is 12.2 Å². The number of hydrogen-bond acceptors (Lipinski definition) is 8. The highest BCUT2D eigenvalue weighted by Gasteiger charge is 2.40. The summed E-state index contributed by atoms with van der Waals surface area (Å²) in [6, 6.07) is 13.4. The summed E-state index contributed by atoms with van der Waals surface area (Å²) in [6.45, 7) is 15.0. The minimum Gasteiger partial charge on any atom is -0.444 e. The van der Waals surface area contributed by atoms with E-state index in [-0.39, 0.29) is 55.8 Å². The van der Waals surface area contributed by atoms with Gasteiger partial charge in [0.15, 0.2) is 0 Å². The third-order valence-electron chi connectivity index (χ3n) is 10.8. The Kier molecular flexibility index (Phi) is 14.7. The number of alkyl halides is 2. The molecule has 310 valence electrons. The van der Waals surface area contributed by atoms with Crippen molar-refractivity contribution in [3.05, 3.63) is 65.5 Å². The van der Waals surface area contributed by atoms with Gasteiger partial charge in [-0.05, 0) is 110 Å². The average Bonchev–Trinajstić information content (AvgIpc) is 3.12. The number of unbranched alkanes of at least 4 members (excludes halogenated alkanes) is 1. The molecule has 3 amide bonds. The Morgan fingerprint density at radius 1 is 0.946 bits per heavy atom. The van der Waals surface area contributed by atoms with Crippen LogP contribution in [0.2, 0.25) is 0 Å². The molecule has 2 heterocycles. The van der Waals surface area contributed by atoms with E-state index in [0.29, 0.717) is 39.3 Å². The van der Waals surface area contributed by atoms with Crippen molar-refractivity contribution in [1.29, 1.82) is 0 Å². The van der Waals surface area contributed by atoms with E-state index in [0.717, 1.165) is 49.9 Å². The summed E-state index contributed by atoms with van der Waals surface area (Å²) in [5.74, 6) is -3.34. The maximum atomic E-state index is 14.0. The molecule has 0 radical (unpaired) electrons. The topological polar surface area (TPSA) is 116 Å². The fourth-order valence-electron chi connectivity index (χ4n) is 8.10. The van der Waals surface area contributed by atoms with Crippen LogP contribution >= 0.6 is 0 Å². The van der Waals surface area contributed by atoms with Gasteiger partial charge in [-0.3, -0.25) is 19.6 Å². The number of nitrogens with zero attached hydrogens (tertiary/aromatic N) is 4. The van der Waals surface area contributed by atoms with E-state index >= 15 is 0 Å². The summed E-state index contributed by atoms with van der Waals surface area (Å²) in [6.07, 6.45) is 5.38. The molecule has 0 unspecified atom stereocenters.